The van der Waals surface area contributed by atoms with Gasteiger partial charge in [-0.2, -0.15) is 11.8 Å². The van der Waals surface area contributed by atoms with Crippen LogP contribution in [0.15, 0.2) is 23.1 Å². The number of nitrogens with zero attached hydrogens (tertiary/aromatic N) is 1. The number of carboxylic acids is 1. The van der Waals surface area contributed by atoms with Gasteiger partial charge in [0, 0.05) is 10.0 Å². The van der Waals surface area contributed by atoms with Gasteiger partial charge in [-0.1, -0.05) is 53.2 Å². The molecule has 0 spiro atoms. The summed E-state index contributed by atoms with van der Waals surface area (Å²) in [5.41, 5.74) is 0.623. The number of thiocarbonyl (C=S) groups is 1. The first kappa shape index (κ1) is 19.6. The van der Waals surface area contributed by atoms with Gasteiger partial charge in [-0.15, -0.1) is 0 Å². The largest absolute Gasteiger partial charge is 0.480 e. The Balaban J connectivity index is 2.30. The molecule has 0 bridgehead atoms. The Morgan fingerprint density at radius 1 is 1.50 bits per heavy atom. The lowest BCUT2D eigenvalue weighted by Crippen LogP contribution is -2.44. The number of hydrogen-bond acceptors (Lipinski definition) is 5. The van der Waals surface area contributed by atoms with E-state index in [-0.39, 0.29) is 4.32 Å². The number of hydrogen-bond donors (Lipinski definition) is 1. The van der Waals surface area contributed by atoms with Crippen LogP contribution in [-0.2, 0) is 9.59 Å². The number of thioether (sulfide) groups is 2. The van der Waals surface area contributed by atoms with Gasteiger partial charge in [0.2, 0.25) is 0 Å². The lowest BCUT2D eigenvalue weighted by Gasteiger charge is -2.22. The molecule has 0 saturated carbocycles. The van der Waals surface area contributed by atoms with Crippen LogP contribution in [0.2, 0.25) is 10.0 Å². The molecular formula is C15H13Cl2NO3S3. The molecule has 0 radical (unpaired) electrons. The highest BCUT2D eigenvalue weighted by Gasteiger charge is 2.40. The monoisotopic (exact) mass is 421 g/mol. The van der Waals surface area contributed by atoms with E-state index in [4.69, 9.17) is 35.4 Å². The van der Waals surface area contributed by atoms with Crippen LogP contribution in [-0.4, -0.2) is 44.3 Å². The summed E-state index contributed by atoms with van der Waals surface area (Å²) in [7, 11) is 0. The van der Waals surface area contributed by atoms with Crippen LogP contribution in [0.3, 0.4) is 0 Å². The summed E-state index contributed by atoms with van der Waals surface area (Å²) in [6.45, 7) is 0. The van der Waals surface area contributed by atoms with Crippen molar-refractivity contribution >= 4 is 81.2 Å². The standard InChI is InChI=1S/C15H13Cl2NO3S3/c1-23-5-4-11(14(20)21)18-13(19)12(24-15(18)22)6-8-2-3-9(16)7-10(8)17/h2-3,6-7,11H,4-5H2,1H3,(H,20,21). The highest BCUT2D eigenvalue weighted by atomic mass is 35.5. The number of carbonyl (C=O) groups is 2. The molecule has 1 amide bonds. The van der Waals surface area contributed by atoms with E-state index >= 15 is 0 Å². The van der Waals surface area contributed by atoms with Gasteiger partial charge in [-0.25, -0.2) is 4.79 Å². The molecule has 1 saturated heterocycles. The molecule has 0 aliphatic carbocycles. The van der Waals surface area contributed by atoms with Crippen molar-refractivity contribution in [2.45, 2.75) is 12.5 Å². The highest BCUT2D eigenvalue weighted by molar-refractivity contribution is 8.26. The number of carbonyl (C=O) groups excluding carboxylic acids is 1. The Labute approximate surface area is 163 Å². The molecule has 0 aromatic heterocycles. The van der Waals surface area contributed by atoms with Crippen molar-refractivity contribution in [1.29, 1.82) is 0 Å². The van der Waals surface area contributed by atoms with Crippen molar-refractivity contribution in [3.05, 3.63) is 38.7 Å². The maximum atomic E-state index is 12.6. The van der Waals surface area contributed by atoms with Gasteiger partial charge in [-0.3, -0.25) is 9.69 Å². The van der Waals surface area contributed by atoms with Crippen LogP contribution in [0.25, 0.3) is 6.08 Å². The van der Waals surface area contributed by atoms with Crippen molar-refractivity contribution in [2.24, 2.45) is 0 Å². The molecule has 1 aromatic rings. The first-order valence-electron chi connectivity index (χ1n) is 6.79. The first-order valence-corrected chi connectivity index (χ1v) is 10.2. The summed E-state index contributed by atoms with van der Waals surface area (Å²) in [5.74, 6) is -0.855. The molecule has 1 unspecified atom stereocenters. The maximum absolute atomic E-state index is 12.6. The van der Waals surface area contributed by atoms with Gasteiger partial charge in [0.05, 0.1) is 4.91 Å². The number of rotatable bonds is 6. The fourth-order valence-corrected chi connectivity index (χ4v) is 4.37. The quantitative estimate of drug-likeness (QED) is 0.542. The van der Waals surface area contributed by atoms with Gasteiger partial charge >= 0.3 is 5.97 Å². The zero-order valence-electron chi connectivity index (χ0n) is 12.5. The average Bonchev–Trinajstić information content (AvgIpc) is 2.78. The molecule has 9 heteroatoms. The minimum absolute atomic E-state index is 0.241. The molecule has 2 rings (SSSR count). The molecule has 1 aromatic carbocycles. The summed E-state index contributed by atoms with van der Waals surface area (Å²) in [6, 6.07) is 3.98. The van der Waals surface area contributed by atoms with Gasteiger partial charge in [0.1, 0.15) is 10.4 Å². The molecule has 1 aliphatic heterocycles. The van der Waals surface area contributed by atoms with Gasteiger partial charge in [0.25, 0.3) is 5.91 Å². The van der Waals surface area contributed by atoms with Gasteiger partial charge < -0.3 is 5.11 Å². The zero-order chi connectivity index (χ0) is 17.9. The van der Waals surface area contributed by atoms with E-state index in [9.17, 15) is 14.7 Å². The number of halogens is 2. The van der Waals surface area contributed by atoms with Crippen LogP contribution in [0.5, 0.6) is 0 Å². The smallest absolute Gasteiger partial charge is 0.326 e. The Morgan fingerprint density at radius 3 is 2.79 bits per heavy atom. The van der Waals surface area contributed by atoms with Crippen molar-refractivity contribution in [2.75, 3.05) is 12.0 Å². The molecule has 1 atom stereocenters. The second kappa shape index (κ2) is 8.58. The van der Waals surface area contributed by atoms with E-state index < -0.39 is 17.9 Å². The van der Waals surface area contributed by atoms with Crippen LogP contribution in [0.1, 0.15) is 12.0 Å². The number of aliphatic carboxylic acids is 1. The Morgan fingerprint density at radius 2 is 2.21 bits per heavy atom. The van der Waals surface area contributed by atoms with Crippen LogP contribution < -0.4 is 0 Å². The first-order chi connectivity index (χ1) is 11.3. The van der Waals surface area contributed by atoms with Crippen molar-refractivity contribution in [3.8, 4) is 0 Å². The third-order valence-corrected chi connectivity index (χ3v) is 5.80. The highest BCUT2D eigenvalue weighted by Crippen LogP contribution is 2.36. The zero-order valence-corrected chi connectivity index (χ0v) is 16.5. The Hall–Kier alpha value is -0.730. The fourth-order valence-electron chi connectivity index (χ4n) is 2.10. The van der Waals surface area contributed by atoms with E-state index in [1.54, 1.807) is 24.3 Å². The van der Waals surface area contributed by atoms with Crippen molar-refractivity contribution in [3.63, 3.8) is 0 Å². The number of benzene rings is 1. The second-order valence-electron chi connectivity index (χ2n) is 4.85. The van der Waals surface area contributed by atoms with Gasteiger partial charge in [-0.05, 0) is 42.2 Å². The minimum Gasteiger partial charge on any atom is -0.480 e. The lowest BCUT2D eigenvalue weighted by atomic mass is 10.1. The third-order valence-electron chi connectivity index (χ3n) is 3.26. The topological polar surface area (TPSA) is 57.6 Å². The summed E-state index contributed by atoms with van der Waals surface area (Å²) in [6.07, 6.45) is 3.81. The summed E-state index contributed by atoms with van der Waals surface area (Å²) in [5, 5.41) is 10.3. The third kappa shape index (κ3) is 4.46. The second-order valence-corrected chi connectivity index (χ2v) is 8.36. The number of carboxylic acid groups (broad SMARTS) is 1. The molecule has 4 nitrogen and oxygen atoms in total. The maximum Gasteiger partial charge on any atom is 0.326 e. The van der Waals surface area contributed by atoms with Crippen molar-refractivity contribution < 1.29 is 14.7 Å². The van der Waals surface area contributed by atoms with Crippen LogP contribution in [0.4, 0.5) is 0 Å². The Bertz CT molecular complexity index is 724. The average molecular weight is 422 g/mol. The fraction of sp³-hybridized carbons (Fsp3) is 0.267. The molecule has 128 valence electrons. The molecular weight excluding hydrogens is 409 g/mol. The molecule has 1 fully saturated rings. The van der Waals surface area contributed by atoms with E-state index in [0.29, 0.717) is 32.7 Å². The summed E-state index contributed by atoms with van der Waals surface area (Å²) < 4.78 is 0.241. The summed E-state index contributed by atoms with van der Waals surface area (Å²) >= 11 is 19.8. The SMILES string of the molecule is CSCCC(C(=O)O)N1C(=O)C(=Cc2ccc(Cl)cc2Cl)SC1=S. The molecule has 24 heavy (non-hydrogen) atoms. The van der Waals surface area contributed by atoms with E-state index in [1.807, 2.05) is 6.26 Å². The van der Waals surface area contributed by atoms with E-state index in [2.05, 4.69) is 0 Å². The Kier molecular flexibility index (Phi) is 7.00. The number of amides is 1. The predicted molar refractivity (Wildman–Crippen MR) is 106 cm³/mol. The molecule has 1 N–H and O–H groups in total. The molecule has 1 heterocycles. The van der Waals surface area contributed by atoms with Crippen LogP contribution >= 0.6 is 58.9 Å². The minimum atomic E-state index is -1.06. The van der Waals surface area contributed by atoms with Crippen LogP contribution in [0, 0.1) is 0 Å². The normalized spacial score (nSPS) is 17.6. The van der Waals surface area contributed by atoms with Gasteiger partial charge in [0.15, 0.2) is 0 Å². The van der Waals surface area contributed by atoms with E-state index in [1.165, 1.54) is 16.7 Å². The van der Waals surface area contributed by atoms with E-state index in [0.717, 1.165) is 11.8 Å². The summed E-state index contributed by atoms with van der Waals surface area (Å²) in [4.78, 5) is 25.7. The van der Waals surface area contributed by atoms with Crippen molar-refractivity contribution in [1.82, 2.24) is 4.90 Å². The lowest BCUT2D eigenvalue weighted by molar-refractivity contribution is -0.145. The molecule has 1 aliphatic rings. The predicted octanol–water partition coefficient (Wildman–Crippen LogP) is 4.40.